The van der Waals surface area contributed by atoms with E-state index >= 15 is 0 Å². The Hall–Kier alpha value is -0.900. The second kappa shape index (κ2) is 8.25. The molecule has 0 amide bonds. The summed E-state index contributed by atoms with van der Waals surface area (Å²) < 4.78 is 10.8. The molecule has 102 valence electrons. The van der Waals surface area contributed by atoms with Crippen molar-refractivity contribution in [1.82, 2.24) is 5.32 Å². The molecule has 0 saturated carbocycles. The van der Waals surface area contributed by atoms with Gasteiger partial charge in [-0.1, -0.05) is 38.1 Å². The zero-order chi connectivity index (χ0) is 13.4. The number of hydrogen-bond acceptors (Lipinski definition) is 3. The van der Waals surface area contributed by atoms with Crippen LogP contribution in [0.25, 0.3) is 0 Å². The van der Waals surface area contributed by atoms with Gasteiger partial charge >= 0.3 is 0 Å². The maximum atomic E-state index is 5.38. The predicted molar refractivity (Wildman–Crippen MR) is 74.7 cm³/mol. The largest absolute Gasteiger partial charge is 0.354 e. The molecule has 0 aliphatic rings. The van der Waals surface area contributed by atoms with Gasteiger partial charge in [0.25, 0.3) is 0 Å². The van der Waals surface area contributed by atoms with Crippen LogP contribution in [0.1, 0.15) is 37.4 Å². The van der Waals surface area contributed by atoms with Gasteiger partial charge in [-0.05, 0) is 30.5 Å². The predicted octanol–water partition coefficient (Wildman–Crippen LogP) is 2.91. The molecule has 0 radical (unpaired) electrons. The van der Waals surface area contributed by atoms with Crippen LogP contribution >= 0.6 is 0 Å². The minimum Gasteiger partial charge on any atom is -0.354 e. The van der Waals surface area contributed by atoms with Gasteiger partial charge in [0, 0.05) is 14.2 Å². The summed E-state index contributed by atoms with van der Waals surface area (Å²) in [5.41, 5.74) is 2.55. The first-order valence-electron chi connectivity index (χ1n) is 6.64. The van der Waals surface area contributed by atoms with E-state index in [1.165, 1.54) is 11.1 Å². The van der Waals surface area contributed by atoms with Gasteiger partial charge < -0.3 is 14.8 Å². The normalized spacial score (nSPS) is 12.9. The van der Waals surface area contributed by atoms with E-state index in [0.29, 0.717) is 0 Å². The molecule has 0 bridgehead atoms. The molecule has 1 unspecified atom stereocenters. The number of nitrogens with one attached hydrogen (secondary N) is 1. The molecule has 1 N–H and O–H groups in total. The van der Waals surface area contributed by atoms with Gasteiger partial charge in [-0.15, -0.1) is 0 Å². The fourth-order valence-electron chi connectivity index (χ4n) is 2.00. The van der Waals surface area contributed by atoms with Crippen LogP contribution < -0.4 is 5.32 Å². The Bertz CT molecular complexity index is 320. The van der Waals surface area contributed by atoms with E-state index in [4.69, 9.17) is 9.47 Å². The maximum Gasteiger partial charge on any atom is 0.176 e. The lowest BCUT2D eigenvalue weighted by Crippen LogP contribution is -2.35. The molecule has 0 spiro atoms. The van der Waals surface area contributed by atoms with Crippen molar-refractivity contribution in [3.63, 3.8) is 0 Å². The minimum atomic E-state index is -0.260. The Morgan fingerprint density at radius 1 is 1.06 bits per heavy atom. The molecule has 0 saturated heterocycles. The average molecular weight is 251 g/mol. The standard InChI is InChI=1S/C15H25NO2/c1-5-11-16-14(15(17-3)18-4)13-9-7-12(6-2)8-10-13/h7-10,14-16H,5-6,11H2,1-4H3. The number of methoxy groups -OCH3 is 2. The van der Waals surface area contributed by atoms with Crippen molar-refractivity contribution in [2.75, 3.05) is 20.8 Å². The molecular formula is C15H25NO2. The van der Waals surface area contributed by atoms with Crippen LogP contribution in [0.2, 0.25) is 0 Å². The van der Waals surface area contributed by atoms with Gasteiger partial charge in [-0.25, -0.2) is 0 Å². The van der Waals surface area contributed by atoms with E-state index in [9.17, 15) is 0 Å². The molecular weight excluding hydrogens is 226 g/mol. The van der Waals surface area contributed by atoms with Crippen LogP contribution in [0.3, 0.4) is 0 Å². The zero-order valence-electron chi connectivity index (χ0n) is 11.9. The third-order valence-corrected chi connectivity index (χ3v) is 3.10. The molecule has 3 nitrogen and oxygen atoms in total. The van der Waals surface area contributed by atoms with Gasteiger partial charge in [0.1, 0.15) is 0 Å². The van der Waals surface area contributed by atoms with E-state index in [1.807, 2.05) is 0 Å². The fourth-order valence-corrected chi connectivity index (χ4v) is 2.00. The lowest BCUT2D eigenvalue weighted by atomic mass is 10.0. The summed E-state index contributed by atoms with van der Waals surface area (Å²) in [6.07, 6.45) is 1.89. The molecule has 18 heavy (non-hydrogen) atoms. The lowest BCUT2D eigenvalue weighted by Gasteiger charge is -2.26. The van der Waals surface area contributed by atoms with Crippen LogP contribution in [0, 0.1) is 0 Å². The molecule has 1 aromatic rings. The van der Waals surface area contributed by atoms with Gasteiger partial charge in [0.05, 0.1) is 6.04 Å². The highest BCUT2D eigenvalue weighted by Crippen LogP contribution is 2.20. The van der Waals surface area contributed by atoms with Crippen molar-refractivity contribution in [1.29, 1.82) is 0 Å². The molecule has 0 heterocycles. The van der Waals surface area contributed by atoms with Gasteiger partial charge in [0.15, 0.2) is 6.29 Å². The number of aryl methyl sites for hydroxylation is 1. The second-order valence-corrected chi connectivity index (χ2v) is 4.37. The van der Waals surface area contributed by atoms with Crippen molar-refractivity contribution < 1.29 is 9.47 Å². The van der Waals surface area contributed by atoms with Crippen LogP contribution in [0.4, 0.5) is 0 Å². The molecule has 0 aliphatic heterocycles. The smallest absolute Gasteiger partial charge is 0.176 e. The van der Waals surface area contributed by atoms with Crippen molar-refractivity contribution in [3.8, 4) is 0 Å². The maximum absolute atomic E-state index is 5.38. The van der Waals surface area contributed by atoms with E-state index in [-0.39, 0.29) is 12.3 Å². The van der Waals surface area contributed by atoms with Crippen molar-refractivity contribution in [2.24, 2.45) is 0 Å². The Labute approximate surface area is 110 Å². The summed E-state index contributed by atoms with van der Waals surface area (Å²) in [4.78, 5) is 0. The fraction of sp³-hybridized carbons (Fsp3) is 0.600. The van der Waals surface area contributed by atoms with Gasteiger partial charge in [-0.2, -0.15) is 0 Å². The molecule has 0 aromatic heterocycles. The molecule has 0 fully saturated rings. The monoisotopic (exact) mass is 251 g/mol. The summed E-state index contributed by atoms with van der Waals surface area (Å²) in [6, 6.07) is 8.70. The highest BCUT2D eigenvalue weighted by atomic mass is 16.7. The quantitative estimate of drug-likeness (QED) is 0.721. The van der Waals surface area contributed by atoms with Gasteiger partial charge in [-0.3, -0.25) is 0 Å². The van der Waals surface area contributed by atoms with E-state index in [2.05, 4.69) is 43.4 Å². The van der Waals surface area contributed by atoms with E-state index < -0.39 is 0 Å². The Morgan fingerprint density at radius 3 is 2.11 bits per heavy atom. The Balaban J connectivity index is 2.85. The van der Waals surface area contributed by atoms with Crippen molar-refractivity contribution in [2.45, 2.75) is 39.0 Å². The first kappa shape index (κ1) is 15.2. The molecule has 3 heteroatoms. The van der Waals surface area contributed by atoms with Crippen LogP contribution in [0.5, 0.6) is 0 Å². The van der Waals surface area contributed by atoms with Crippen LogP contribution in [0.15, 0.2) is 24.3 Å². The number of ether oxygens (including phenoxy) is 2. The zero-order valence-corrected chi connectivity index (χ0v) is 11.9. The SMILES string of the molecule is CCCNC(c1ccc(CC)cc1)C(OC)OC. The minimum absolute atomic E-state index is 0.0749. The van der Waals surface area contributed by atoms with Crippen LogP contribution in [-0.4, -0.2) is 27.1 Å². The van der Waals surface area contributed by atoms with Gasteiger partial charge in [0.2, 0.25) is 0 Å². The Morgan fingerprint density at radius 2 is 1.67 bits per heavy atom. The third-order valence-electron chi connectivity index (χ3n) is 3.10. The summed E-state index contributed by atoms with van der Waals surface area (Å²) in [5.74, 6) is 0. The molecule has 1 rings (SSSR count). The highest BCUT2D eigenvalue weighted by molar-refractivity contribution is 5.25. The topological polar surface area (TPSA) is 30.5 Å². The Kier molecular flexibility index (Phi) is 6.94. The third kappa shape index (κ3) is 4.09. The molecule has 0 aliphatic carbocycles. The van der Waals surface area contributed by atoms with Crippen molar-refractivity contribution in [3.05, 3.63) is 35.4 Å². The van der Waals surface area contributed by atoms with E-state index in [0.717, 1.165) is 19.4 Å². The summed E-state index contributed by atoms with van der Waals surface area (Å²) in [6.45, 7) is 5.26. The summed E-state index contributed by atoms with van der Waals surface area (Å²) in [5, 5.41) is 3.48. The lowest BCUT2D eigenvalue weighted by molar-refractivity contribution is -0.124. The second-order valence-electron chi connectivity index (χ2n) is 4.37. The molecule has 1 aromatic carbocycles. The first-order chi connectivity index (χ1) is 8.76. The van der Waals surface area contributed by atoms with Crippen LogP contribution in [-0.2, 0) is 15.9 Å². The number of rotatable bonds is 8. The number of benzene rings is 1. The summed E-state index contributed by atoms with van der Waals surface area (Å²) >= 11 is 0. The van der Waals surface area contributed by atoms with E-state index in [1.54, 1.807) is 14.2 Å². The average Bonchev–Trinajstić information content (AvgIpc) is 2.43. The molecule has 1 atom stereocenters. The van der Waals surface area contributed by atoms with Crippen molar-refractivity contribution >= 4 is 0 Å². The summed E-state index contributed by atoms with van der Waals surface area (Å²) in [7, 11) is 3.35. The number of hydrogen-bond donors (Lipinski definition) is 1. The highest BCUT2D eigenvalue weighted by Gasteiger charge is 2.21. The first-order valence-corrected chi connectivity index (χ1v) is 6.64.